The van der Waals surface area contributed by atoms with Crippen LogP contribution >= 0.6 is 0 Å². The Morgan fingerprint density at radius 3 is 1.05 bits per heavy atom. The summed E-state index contributed by atoms with van der Waals surface area (Å²) < 4.78 is 0. The van der Waals surface area contributed by atoms with Crippen molar-refractivity contribution in [1.29, 1.82) is 0 Å². The Labute approximate surface area is 135 Å². The van der Waals surface area contributed by atoms with Gasteiger partial charge in [-0.3, -0.25) is 0 Å². The number of rotatable bonds is 4. The van der Waals surface area contributed by atoms with Crippen LogP contribution in [0.25, 0.3) is 0 Å². The summed E-state index contributed by atoms with van der Waals surface area (Å²) in [5, 5.41) is 0. The fraction of sp³-hybridized carbons (Fsp3) is 0.667. The van der Waals surface area contributed by atoms with Crippen molar-refractivity contribution >= 4 is 0 Å². The lowest BCUT2D eigenvalue weighted by atomic mass is 10.1. The van der Waals surface area contributed by atoms with E-state index in [1.807, 2.05) is 12.4 Å². The van der Waals surface area contributed by atoms with Gasteiger partial charge in [0, 0.05) is 35.6 Å². The molecule has 0 unspecified atom stereocenters. The van der Waals surface area contributed by atoms with E-state index in [0.29, 0.717) is 23.7 Å². The summed E-state index contributed by atoms with van der Waals surface area (Å²) >= 11 is 0. The lowest BCUT2D eigenvalue weighted by Crippen LogP contribution is -1.91. The van der Waals surface area contributed by atoms with Gasteiger partial charge >= 0.3 is 0 Å². The van der Waals surface area contributed by atoms with Crippen LogP contribution in [0.2, 0.25) is 0 Å². The quantitative estimate of drug-likeness (QED) is 0.803. The van der Waals surface area contributed by atoms with Gasteiger partial charge < -0.3 is 9.97 Å². The average Bonchev–Trinajstić information content (AvgIpc) is 3.09. The Morgan fingerprint density at radius 1 is 0.591 bits per heavy atom. The summed E-state index contributed by atoms with van der Waals surface area (Å²) in [5.41, 5.74) is 2.46. The minimum absolute atomic E-state index is 0.502. The van der Waals surface area contributed by atoms with Crippen molar-refractivity contribution < 1.29 is 0 Å². The molecule has 0 fully saturated rings. The summed E-state index contributed by atoms with van der Waals surface area (Å²) in [4.78, 5) is 15.2. The highest BCUT2D eigenvalue weighted by atomic mass is 14.9. The van der Waals surface area contributed by atoms with Gasteiger partial charge in [-0.25, -0.2) is 9.97 Å². The first-order chi connectivity index (χ1) is 10.2. The van der Waals surface area contributed by atoms with E-state index in [1.54, 1.807) is 0 Å². The molecule has 0 aliphatic carbocycles. The van der Waals surface area contributed by atoms with E-state index in [-0.39, 0.29) is 0 Å². The normalized spacial score (nSPS) is 11.5. The van der Waals surface area contributed by atoms with Crippen molar-refractivity contribution in [2.75, 3.05) is 0 Å². The van der Waals surface area contributed by atoms with Crippen molar-refractivity contribution in [3.05, 3.63) is 35.4 Å². The topological polar surface area (TPSA) is 57.4 Å². The van der Waals surface area contributed by atoms with Gasteiger partial charge in [-0.1, -0.05) is 55.4 Å². The summed E-state index contributed by atoms with van der Waals surface area (Å²) in [7, 11) is 0. The van der Waals surface area contributed by atoms with Gasteiger partial charge in [0.05, 0.1) is 0 Å². The van der Waals surface area contributed by atoms with Crippen LogP contribution in [0.4, 0.5) is 0 Å². The molecule has 2 heterocycles. The first kappa shape index (κ1) is 18.5. The monoisotopic (exact) mass is 304 g/mol. The number of hydrogen-bond donors (Lipinski definition) is 2. The second kappa shape index (κ2) is 8.16. The SMILES string of the molecule is CC(C)c1cnc(C(C)C)[nH]1.CC(C)c1cnc(C(C)C)[nH]1. The molecular weight excluding hydrogens is 272 g/mol. The van der Waals surface area contributed by atoms with Crippen LogP contribution in [-0.4, -0.2) is 19.9 Å². The van der Waals surface area contributed by atoms with Crippen molar-refractivity contribution in [3.63, 3.8) is 0 Å². The Balaban J connectivity index is 0.000000220. The lowest BCUT2D eigenvalue weighted by Gasteiger charge is -2.00. The predicted molar refractivity (Wildman–Crippen MR) is 93.5 cm³/mol. The third kappa shape index (κ3) is 5.32. The van der Waals surface area contributed by atoms with Gasteiger partial charge in [0.25, 0.3) is 0 Å². The van der Waals surface area contributed by atoms with E-state index in [2.05, 4.69) is 75.3 Å². The molecule has 2 aromatic rings. The molecule has 0 saturated carbocycles. The number of hydrogen-bond acceptors (Lipinski definition) is 2. The molecule has 22 heavy (non-hydrogen) atoms. The van der Waals surface area contributed by atoms with Gasteiger partial charge in [-0.15, -0.1) is 0 Å². The third-order valence-corrected chi connectivity index (χ3v) is 3.57. The van der Waals surface area contributed by atoms with Crippen LogP contribution in [0.3, 0.4) is 0 Å². The van der Waals surface area contributed by atoms with Gasteiger partial charge in [0.1, 0.15) is 11.6 Å². The molecule has 0 spiro atoms. The van der Waals surface area contributed by atoms with E-state index in [9.17, 15) is 0 Å². The van der Waals surface area contributed by atoms with Crippen LogP contribution in [0.1, 0.15) is 102 Å². The fourth-order valence-corrected chi connectivity index (χ4v) is 1.88. The van der Waals surface area contributed by atoms with Crippen LogP contribution in [0, 0.1) is 0 Å². The molecule has 2 aromatic heterocycles. The van der Waals surface area contributed by atoms with Crippen molar-refractivity contribution in [1.82, 2.24) is 19.9 Å². The second-order valence-corrected chi connectivity index (χ2v) is 7.07. The van der Waals surface area contributed by atoms with Crippen molar-refractivity contribution in [2.45, 2.75) is 79.1 Å². The molecule has 0 aromatic carbocycles. The van der Waals surface area contributed by atoms with Gasteiger partial charge in [0.2, 0.25) is 0 Å². The zero-order valence-corrected chi connectivity index (χ0v) is 15.4. The molecule has 0 aliphatic heterocycles. The maximum absolute atomic E-state index is 4.28. The number of aromatic amines is 2. The maximum atomic E-state index is 4.28. The van der Waals surface area contributed by atoms with E-state index >= 15 is 0 Å². The van der Waals surface area contributed by atoms with Gasteiger partial charge in [-0.2, -0.15) is 0 Å². The lowest BCUT2D eigenvalue weighted by molar-refractivity contribution is 0.771. The zero-order valence-electron chi connectivity index (χ0n) is 15.4. The number of imidazole rings is 2. The van der Waals surface area contributed by atoms with E-state index < -0.39 is 0 Å². The van der Waals surface area contributed by atoms with Crippen molar-refractivity contribution in [2.24, 2.45) is 0 Å². The van der Waals surface area contributed by atoms with Crippen LogP contribution in [0.5, 0.6) is 0 Å². The Bertz CT molecular complexity index is 452. The van der Waals surface area contributed by atoms with E-state index in [0.717, 1.165) is 11.6 Å². The summed E-state index contributed by atoms with van der Waals surface area (Å²) in [5.74, 6) is 4.29. The molecule has 2 rings (SSSR count). The number of aromatic nitrogens is 4. The standard InChI is InChI=1S/2C9H16N2/c2*1-6(2)8-5-10-9(11-8)7(3)4/h2*5-7H,1-4H3,(H,10,11). The minimum Gasteiger partial charge on any atom is -0.345 e. The molecule has 0 atom stereocenters. The van der Waals surface area contributed by atoms with Crippen LogP contribution < -0.4 is 0 Å². The largest absolute Gasteiger partial charge is 0.345 e. The summed E-state index contributed by atoms with van der Waals surface area (Å²) in [6.45, 7) is 17.2. The molecule has 124 valence electrons. The Morgan fingerprint density at radius 2 is 0.909 bits per heavy atom. The zero-order chi connectivity index (χ0) is 16.9. The summed E-state index contributed by atoms with van der Waals surface area (Å²) in [6.07, 6.45) is 3.86. The smallest absolute Gasteiger partial charge is 0.108 e. The first-order valence-electron chi connectivity index (χ1n) is 8.31. The molecule has 0 bridgehead atoms. The number of nitrogens with zero attached hydrogens (tertiary/aromatic N) is 2. The highest BCUT2D eigenvalue weighted by Crippen LogP contribution is 2.16. The average molecular weight is 304 g/mol. The molecule has 4 nitrogen and oxygen atoms in total. The highest BCUT2D eigenvalue weighted by Gasteiger charge is 2.06. The predicted octanol–water partition coefficient (Wildman–Crippen LogP) is 5.31. The molecule has 0 radical (unpaired) electrons. The van der Waals surface area contributed by atoms with Crippen molar-refractivity contribution in [3.8, 4) is 0 Å². The number of H-pyrrole nitrogens is 2. The Hall–Kier alpha value is -1.58. The molecular formula is C18H32N4. The maximum Gasteiger partial charge on any atom is 0.108 e. The molecule has 2 N–H and O–H groups in total. The van der Waals surface area contributed by atoms with E-state index in [4.69, 9.17) is 0 Å². The van der Waals surface area contributed by atoms with Crippen LogP contribution in [0.15, 0.2) is 12.4 Å². The van der Waals surface area contributed by atoms with Gasteiger partial charge in [0.15, 0.2) is 0 Å². The molecule has 0 amide bonds. The first-order valence-corrected chi connectivity index (χ1v) is 8.31. The Kier molecular flexibility index (Phi) is 6.85. The molecule has 0 aliphatic rings. The third-order valence-electron chi connectivity index (χ3n) is 3.57. The number of nitrogens with one attached hydrogen (secondary N) is 2. The fourth-order valence-electron chi connectivity index (χ4n) is 1.88. The van der Waals surface area contributed by atoms with Crippen LogP contribution in [-0.2, 0) is 0 Å². The minimum atomic E-state index is 0.502. The second-order valence-electron chi connectivity index (χ2n) is 7.07. The van der Waals surface area contributed by atoms with Gasteiger partial charge in [-0.05, 0) is 11.8 Å². The molecule has 4 heteroatoms. The highest BCUT2D eigenvalue weighted by molar-refractivity contribution is 5.08. The summed E-state index contributed by atoms with van der Waals surface area (Å²) in [6, 6.07) is 0. The molecule has 0 saturated heterocycles. The van der Waals surface area contributed by atoms with E-state index in [1.165, 1.54) is 11.4 Å².